The van der Waals surface area contributed by atoms with E-state index >= 15 is 0 Å². The lowest BCUT2D eigenvalue weighted by Gasteiger charge is -2.13. The molecule has 4 aromatic rings. The first-order chi connectivity index (χ1) is 18.5. The highest BCUT2D eigenvalue weighted by Gasteiger charge is 2.23. The van der Waals surface area contributed by atoms with Crippen LogP contribution >= 0.6 is 23.2 Å². The number of carbonyl (C=O) groups is 1. The number of phenolic OH excluding ortho intramolecular Hbond substituents is 1. The minimum Gasteiger partial charge on any atom is -0.505 e. The lowest BCUT2D eigenvalue weighted by Crippen LogP contribution is -2.13. The maximum absolute atomic E-state index is 13.3. The largest absolute Gasteiger partial charge is 0.505 e. The van der Waals surface area contributed by atoms with Crippen LogP contribution in [-0.4, -0.2) is 30.6 Å². The molecule has 12 heteroatoms. The summed E-state index contributed by atoms with van der Waals surface area (Å²) in [6.45, 7) is 3.91. The lowest BCUT2D eigenvalue weighted by molar-refractivity contribution is 0.102. The molecule has 0 fully saturated rings. The summed E-state index contributed by atoms with van der Waals surface area (Å²) in [5.74, 6) is -0.674. The first-order valence-corrected chi connectivity index (χ1v) is 13.9. The predicted molar refractivity (Wildman–Crippen MR) is 151 cm³/mol. The molecular formula is C27H23Cl2N3O6S. The van der Waals surface area contributed by atoms with Crippen molar-refractivity contribution in [2.24, 2.45) is 10.2 Å². The molecule has 0 aliphatic heterocycles. The topological polar surface area (TPSA) is 138 Å². The molecule has 0 aromatic heterocycles. The zero-order chi connectivity index (χ0) is 28.3. The van der Waals surface area contributed by atoms with E-state index in [1.54, 1.807) is 49.4 Å². The van der Waals surface area contributed by atoms with E-state index in [4.69, 9.17) is 27.9 Å². The van der Waals surface area contributed by atoms with Gasteiger partial charge in [-0.15, -0.1) is 10.2 Å². The SMILES string of the molecule is CCOc1ccc(Cl)c(NC(=O)c2cc3ccccc3c(N=Nc3ccc(Cl)c(CC)c3S(=O)(=O)O)c2O)c1. The molecule has 0 bridgehead atoms. The lowest BCUT2D eigenvalue weighted by atomic mass is 10.0. The summed E-state index contributed by atoms with van der Waals surface area (Å²) < 4.78 is 39.6. The summed E-state index contributed by atoms with van der Waals surface area (Å²) in [6, 6.07) is 15.8. The number of fused-ring (bicyclic) bond motifs is 1. The highest BCUT2D eigenvalue weighted by Crippen LogP contribution is 2.41. The van der Waals surface area contributed by atoms with Crippen molar-refractivity contribution in [1.82, 2.24) is 0 Å². The molecule has 0 atom stereocenters. The number of azo groups is 1. The van der Waals surface area contributed by atoms with E-state index < -0.39 is 26.7 Å². The van der Waals surface area contributed by atoms with E-state index in [1.807, 2.05) is 6.92 Å². The average Bonchev–Trinajstić information content (AvgIpc) is 2.89. The summed E-state index contributed by atoms with van der Waals surface area (Å²) in [4.78, 5) is 12.8. The Labute approximate surface area is 234 Å². The highest BCUT2D eigenvalue weighted by atomic mass is 35.5. The molecule has 4 aromatic carbocycles. The number of phenols is 1. The first kappa shape index (κ1) is 28.3. The van der Waals surface area contributed by atoms with E-state index in [1.165, 1.54) is 18.2 Å². The number of nitrogens with zero attached hydrogens (tertiary/aromatic N) is 2. The Morgan fingerprint density at radius 3 is 2.41 bits per heavy atom. The number of halogens is 2. The number of anilines is 1. The van der Waals surface area contributed by atoms with E-state index in [0.29, 0.717) is 23.1 Å². The van der Waals surface area contributed by atoms with Gasteiger partial charge in [0.2, 0.25) is 0 Å². The minimum absolute atomic E-state index is 0.0818. The number of ether oxygens (including phenoxy) is 1. The molecule has 4 rings (SSSR count). The molecule has 0 saturated carbocycles. The van der Waals surface area contributed by atoms with Crippen molar-refractivity contribution in [3.63, 3.8) is 0 Å². The molecule has 1 amide bonds. The van der Waals surface area contributed by atoms with Gasteiger partial charge in [-0.25, -0.2) is 0 Å². The fraction of sp³-hybridized carbons (Fsp3) is 0.148. The number of hydrogen-bond donors (Lipinski definition) is 3. The van der Waals surface area contributed by atoms with Gasteiger partial charge in [-0.2, -0.15) is 8.42 Å². The van der Waals surface area contributed by atoms with Crippen LogP contribution in [0.1, 0.15) is 29.8 Å². The number of hydrogen-bond acceptors (Lipinski definition) is 7. The van der Waals surface area contributed by atoms with E-state index in [9.17, 15) is 22.9 Å². The fourth-order valence-corrected chi connectivity index (χ4v) is 5.48. The molecule has 0 aliphatic carbocycles. The molecule has 0 radical (unpaired) electrons. The smallest absolute Gasteiger partial charge is 0.297 e. The fourth-order valence-electron chi connectivity index (χ4n) is 4.03. The van der Waals surface area contributed by atoms with Crippen molar-refractivity contribution in [3.05, 3.63) is 81.8 Å². The maximum Gasteiger partial charge on any atom is 0.297 e. The van der Waals surface area contributed by atoms with Gasteiger partial charge in [0.15, 0.2) is 5.75 Å². The van der Waals surface area contributed by atoms with Crippen molar-refractivity contribution in [2.45, 2.75) is 25.2 Å². The molecule has 0 aliphatic rings. The standard InChI is InChI=1S/C27H23Cl2N3O6S/c1-3-17-20(28)11-12-22(26(17)39(35,36)37)31-32-24-18-8-6-5-7-15(18)13-19(25(24)33)27(34)30-23-14-16(38-4-2)9-10-21(23)29/h5-14,33H,3-4H2,1-2H3,(H,30,34)(H,35,36,37). The molecular weight excluding hydrogens is 565 g/mol. The van der Waals surface area contributed by atoms with Crippen LogP contribution in [0, 0.1) is 0 Å². The second-order valence-electron chi connectivity index (χ2n) is 8.27. The maximum atomic E-state index is 13.3. The Morgan fingerprint density at radius 2 is 1.72 bits per heavy atom. The number of aromatic hydroxyl groups is 1. The van der Waals surface area contributed by atoms with Crippen LogP contribution in [0.4, 0.5) is 17.1 Å². The number of amides is 1. The first-order valence-electron chi connectivity index (χ1n) is 11.7. The van der Waals surface area contributed by atoms with Crippen molar-refractivity contribution < 1.29 is 27.6 Å². The monoisotopic (exact) mass is 587 g/mol. The average molecular weight is 588 g/mol. The van der Waals surface area contributed by atoms with Gasteiger partial charge in [-0.05, 0) is 54.6 Å². The Kier molecular flexibility index (Phi) is 8.41. The zero-order valence-electron chi connectivity index (χ0n) is 20.8. The third-order valence-electron chi connectivity index (χ3n) is 5.79. The minimum atomic E-state index is -4.71. The van der Waals surface area contributed by atoms with E-state index in [2.05, 4.69) is 15.5 Å². The Morgan fingerprint density at radius 1 is 1.00 bits per heavy atom. The normalized spacial score (nSPS) is 11.7. The van der Waals surface area contributed by atoms with Crippen molar-refractivity contribution >= 4 is 67.1 Å². The van der Waals surface area contributed by atoms with Crippen LogP contribution < -0.4 is 10.1 Å². The summed E-state index contributed by atoms with van der Waals surface area (Å²) in [6.07, 6.45) is 0.203. The van der Waals surface area contributed by atoms with Gasteiger partial charge in [0.25, 0.3) is 16.0 Å². The molecule has 0 unspecified atom stereocenters. The third kappa shape index (κ3) is 5.99. The third-order valence-corrected chi connectivity index (χ3v) is 7.44. The van der Waals surface area contributed by atoms with Crippen molar-refractivity contribution in [1.29, 1.82) is 0 Å². The molecule has 0 saturated heterocycles. The van der Waals surface area contributed by atoms with Gasteiger partial charge in [0, 0.05) is 16.5 Å². The quantitative estimate of drug-likeness (QED) is 0.142. The Bertz CT molecular complexity index is 1720. The van der Waals surface area contributed by atoms with Crippen LogP contribution in [0.2, 0.25) is 10.0 Å². The molecule has 0 heterocycles. The molecule has 202 valence electrons. The van der Waals surface area contributed by atoms with Gasteiger partial charge in [-0.1, -0.05) is 54.4 Å². The van der Waals surface area contributed by atoms with Crippen molar-refractivity contribution in [3.8, 4) is 11.5 Å². The summed E-state index contributed by atoms with van der Waals surface area (Å²) in [7, 11) is -4.71. The second kappa shape index (κ2) is 11.6. The number of benzene rings is 4. The van der Waals surface area contributed by atoms with Gasteiger partial charge < -0.3 is 15.2 Å². The number of rotatable bonds is 8. The van der Waals surface area contributed by atoms with Crippen LogP contribution in [0.15, 0.2) is 75.8 Å². The predicted octanol–water partition coefficient (Wildman–Crippen LogP) is 7.73. The number of nitrogens with one attached hydrogen (secondary N) is 1. The van der Waals surface area contributed by atoms with E-state index in [-0.39, 0.29) is 44.7 Å². The number of carbonyl (C=O) groups excluding carboxylic acids is 1. The summed E-state index contributed by atoms with van der Waals surface area (Å²) in [5, 5.41) is 23.4. The molecule has 9 nitrogen and oxygen atoms in total. The second-order valence-corrected chi connectivity index (χ2v) is 10.4. The molecule has 39 heavy (non-hydrogen) atoms. The Balaban J connectivity index is 1.83. The van der Waals surface area contributed by atoms with Crippen LogP contribution in [-0.2, 0) is 16.5 Å². The summed E-state index contributed by atoms with van der Waals surface area (Å²) in [5.41, 5.74) is 0.0533. The van der Waals surface area contributed by atoms with Crippen LogP contribution in [0.3, 0.4) is 0 Å². The highest BCUT2D eigenvalue weighted by molar-refractivity contribution is 7.86. The van der Waals surface area contributed by atoms with Gasteiger partial charge >= 0.3 is 0 Å². The van der Waals surface area contributed by atoms with Crippen LogP contribution in [0.25, 0.3) is 10.8 Å². The van der Waals surface area contributed by atoms with Crippen molar-refractivity contribution in [2.75, 3.05) is 11.9 Å². The van der Waals surface area contributed by atoms with Crippen LogP contribution in [0.5, 0.6) is 11.5 Å². The Hall–Kier alpha value is -3.70. The molecule has 0 spiro atoms. The zero-order valence-corrected chi connectivity index (χ0v) is 23.1. The van der Waals surface area contributed by atoms with E-state index in [0.717, 1.165) is 0 Å². The molecule has 3 N–H and O–H groups in total. The van der Waals surface area contributed by atoms with Gasteiger partial charge in [0.1, 0.15) is 22.0 Å². The van der Waals surface area contributed by atoms with Gasteiger partial charge in [-0.3, -0.25) is 9.35 Å². The van der Waals surface area contributed by atoms with Gasteiger partial charge in [0.05, 0.1) is 22.9 Å². The summed E-state index contributed by atoms with van der Waals surface area (Å²) >= 11 is 12.4.